The van der Waals surface area contributed by atoms with Crippen LogP contribution in [0.5, 0.6) is 0 Å². The second-order valence-electron chi connectivity index (χ2n) is 5.89. The summed E-state index contributed by atoms with van der Waals surface area (Å²) in [6, 6.07) is 4.91. The highest BCUT2D eigenvalue weighted by Crippen LogP contribution is 2.33. The third-order valence-corrected chi connectivity index (χ3v) is 4.76. The molecular formula is C17H17Cl2N3O3. The number of carbonyl (C=O) groups is 2. The molecule has 0 aliphatic carbocycles. The average Bonchev–Trinajstić information content (AvgIpc) is 3.10. The number of amides is 2. The Kier molecular flexibility index (Phi) is 5.01. The number of oxazole rings is 1. The molecule has 1 aromatic carbocycles. The van der Waals surface area contributed by atoms with Gasteiger partial charge in [-0.25, -0.2) is 4.98 Å². The largest absolute Gasteiger partial charge is 0.444 e. The molecular weight excluding hydrogens is 365 g/mol. The number of halogens is 2. The molecule has 0 spiro atoms. The first-order valence-electron chi connectivity index (χ1n) is 7.84. The Balaban J connectivity index is 1.66. The number of hydrogen-bond donors (Lipinski definition) is 1. The Morgan fingerprint density at radius 1 is 1.40 bits per heavy atom. The molecule has 0 saturated carbocycles. The third kappa shape index (κ3) is 3.65. The Morgan fingerprint density at radius 3 is 2.84 bits per heavy atom. The van der Waals surface area contributed by atoms with E-state index >= 15 is 0 Å². The Labute approximate surface area is 155 Å². The first-order chi connectivity index (χ1) is 11.9. The van der Waals surface area contributed by atoms with E-state index in [0.717, 1.165) is 5.69 Å². The molecule has 1 aliphatic heterocycles. The molecule has 2 amide bonds. The van der Waals surface area contributed by atoms with Crippen molar-refractivity contribution in [1.82, 2.24) is 10.3 Å². The highest BCUT2D eigenvalue weighted by molar-refractivity contribution is 6.36. The van der Waals surface area contributed by atoms with Crippen molar-refractivity contribution in [2.45, 2.75) is 26.8 Å². The third-order valence-electron chi connectivity index (χ3n) is 4.21. The number of aryl methyl sites for hydroxylation is 2. The highest BCUT2D eigenvalue weighted by atomic mass is 35.5. The summed E-state index contributed by atoms with van der Waals surface area (Å²) in [5, 5.41) is 3.61. The number of anilines is 1. The molecule has 3 rings (SSSR count). The van der Waals surface area contributed by atoms with Gasteiger partial charge in [-0.1, -0.05) is 23.2 Å². The van der Waals surface area contributed by atoms with Crippen LogP contribution in [0.25, 0.3) is 0 Å². The predicted molar refractivity (Wildman–Crippen MR) is 94.7 cm³/mol. The molecule has 1 unspecified atom stereocenters. The quantitative estimate of drug-likeness (QED) is 0.824. The molecule has 6 nitrogen and oxygen atoms in total. The van der Waals surface area contributed by atoms with Crippen LogP contribution in [0, 0.1) is 19.8 Å². The summed E-state index contributed by atoms with van der Waals surface area (Å²) in [7, 11) is 0. The summed E-state index contributed by atoms with van der Waals surface area (Å²) in [4.78, 5) is 30.7. The molecule has 1 aliphatic rings. The van der Waals surface area contributed by atoms with E-state index in [1.807, 2.05) is 6.92 Å². The number of aromatic nitrogens is 1. The predicted octanol–water partition coefficient (Wildman–Crippen LogP) is 3.27. The molecule has 25 heavy (non-hydrogen) atoms. The van der Waals surface area contributed by atoms with E-state index < -0.39 is 5.92 Å². The first-order valence-corrected chi connectivity index (χ1v) is 8.59. The molecule has 132 valence electrons. The van der Waals surface area contributed by atoms with Crippen molar-refractivity contribution in [3.8, 4) is 0 Å². The molecule has 1 saturated heterocycles. The molecule has 0 radical (unpaired) electrons. The van der Waals surface area contributed by atoms with Gasteiger partial charge < -0.3 is 14.6 Å². The highest BCUT2D eigenvalue weighted by Gasteiger charge is 2.38. The second kappa shape index (κ2) is 7.06. The average molecular weight is 382 g/mol. The van der Waals surface area contributed by atoms with Crippen LogP contribution in [0.2, 0.25) is 10.0 Å². The second-order valence-corrected chi connectivity index (χ2v) is 6.74. The van der Waals surface area contributed by atoms with Crippen LogP contribution in [0.1, 0.15) is 23.8 Å². The molecule has 1 atom stereocenters. The van der Waals surface area contributed by atoms with Crippen molar-refractivity contribution in [2.75, 3.05) is 11.4 Å². The van der Waals surface area contributed by atoms with Crippen LogP contribution in [-0.4, -0.2) is 23.3 Å². The zero-order valence-electron chi connectivity index (χ0n) is 13.8. The van der Waals surface area contributed by atoms with Gasteiger partial charge in [0.05, 0.1) is 22.9 Å². The number of rotatable bonds is 4. The van der Waals surface area contributed by atoms with Gasteiger partial charge in [0.1, 0.15) is 11.7 Å². The zero-order valence-corrected chi connectivity index (χ0v) is 15.3. The summed E-state index contributed by atoms with van der Waals surface area (Å²) in [6.07, 6.45) is 0.414. The van der Waals surface area contributed by atoms with Crippen LogP contribution >= 0.6 is 23.2 Å². The van der Waals surface area contributed by atoms with Crippen LogP contribution in [-0.2, 0) is 16.1 Å². The van der Waals surface area contributed by atoms with E-state index in [-0.39, 0.29) is 18.4 Å². The van der Waals surface area contributed by atoms with Gasteiger partial charge in [0.25, 0.3) is 0 Å². The monoisotopic (exact) mass is 381 g/mol. The standard InChI is InChI=1S/C17H17Cl2N3O3/c1-9-10(2)25-15(21-9)8-20-16(23)12-5-6-22(17(12)24)14-7-11(18)3-4-13(14)19/h3-4,7,12H,5-6,8H2,1-2H3,(H,20,23). The lowest BCUT2D eigenvalue weighted by Gasteiger charge is -2.18. The molecule has 1 fully saturated rings. The van der Waals surface area contributed by atoms with E-state index in [2.05, 4.69) is 10.3 Å². The van der Waals surface area contributed by atoms with E-state index in [4.69, 9.17) is 27.6 Å². The Hall–Kier alpha value is -2.05. The molecule has 0 bridgehead atoms. The minimum Gasteiger partial charge on any atom is -0.444 e. The van der Waals surface area contributed by atoms with E-state index in [1.54, 1.807) is 25.1 Å². The van der Waals surface area contributed by atoms with Gasteiger partial charge in [-0.15, -0.1) is 0 Å². The van der Waals surface area contributed by atoms with Gasteiger partial charge in [-0.2, -0.15) is 0 Å². The Bertz CT molecular complexity index is 815. The topological polar surface area (TPSA) is 75.4 Å². The minimum absolute atomic E-state index is 0.148. The van der Waals surface area contributed by atoms with Gasteiger partial charge in [0.2, 0.25) is 17.7 Å². The summed E-state index contributed by atoms with van der Waals surface area (Å²) in [6.45, 7) is 4.20. The van der Waals surface area contributed by atoms with Gasteiger partial charge in [0.15, 0.2) is 0 Å². The molecule has 2 heterocycles. The lowest BCUT2D eigenvalue weighted by molar-refractivity contribution is -0.132. The van der Waals surface area contributed by atoms with Crippen molar-refractivity contribution in [2.24, 2.45) is 5.92 Å². The lowest BCUT2D eigenvalue weighted by atomic mass is 10.1. The van der Waals surface area contributed by atoms with Crippen molar-refractivity contribution in [3.05, 3.63) is 45.6 Å². The Morgan fingerprint density at radius 2 is 2.16 bits per heavy atom. The molecule has 2 aromatic rings. The fourth-order valence-electron chi connectivity index (χ4n) is 2.76. The van der Waals surface area contributed by atoms with Crippen LogP contribution in [0.15, 0.2) is 22.6 Å². The first kappa shape index (κ1) is 17.8. The molecule has 1 N–H and O–H groups in total. The van der Waals surface area contributed by atoms with E-state index in [9.17, 15) is 9.59 Å². The summed E-state index contributed by atoms with van der Waals surface area (Å²) in [5.41, 5.74) is 1.30. The van der Waals surface area contributed by atoms with Crippen molar-refractivity contribution in [1.29, 1.82) is 0 Å². The van der Waals surface area contributed by atoms with Crippen LogP contribution < -0.4 is 10.2 Å². The summed E-state index contributed by atoms with van der Waals surface area (Å²) < 4.78 is 5.42. The maximum Gasteiger partial charge on any atom is 0.239 e. The number of carbonyl (C=O) groups excluding carboxylic acids is 2. The van der Waals surface area contributed by atoms with Gasteiger partial charge in [-0.05, 0) is 38.5 Å². The van der Waals surface area contributed by atoms with Crippen molar-refractivity contribution >= 4 is 40.7 Å². The fraction of sp³-hybridized carbons (Fsp3) is 0.353. The SMILES string of the molecule is Cc1nc(CNC(=O)C2CCN(c3cc(Cl)ccc3Cl)C2=O)oc1C. The summed E-state index contributed by atoms with van der Waals surface area (Å²) in [5.74, 6) is -0.265. The van der Waals surface area contributed by atoms with Gasteiger partial charge in [-0.3, -0.25) is 9.59 Å². The maximum atomic E-state index is 12.6. The van der Waals surface area contributed by atoms with E-state index in [1.165, 1.54) is 4.90 Å². The summed E-state index contributed by atoms with van der Waals surface area (Å²) >= 11 is 12.1. The fourth-order valence-corrected chi connectivity index (χ4v) is 3.14. The van der Waals surface area contributed by atoms with Gasteiger partial charge >= 0.3 is 0 Å². The normalized spacial score (nSPS) is 17.2. The van der Waals surface area contributed by atoms with Crippen molar-refractivity contribution < 1.29 is 14.0 Å². The zero-order chi connectivity index (χ0) is 18.1. The minimum atomic E-state index is -0.757. The van der Waals surface area contributed by atoms with Crippen LogP contribution in [0.3, 0.4) is 0 Å². The maximum absolute atomic E-state index is 12.6. The molecule has 1 aromatic heterocycles. The molecule has 8 heteroatoms. The number of nitrogens with zero attached hydrogens (tertiary/aromatic N) is 2. The van der Waals surface area contributed by atoms with Crippen LogP contribution in [0.4, 0.5) is 5.69 Å². The number of nitrogens with one attached hydrogen (secondary N) is 1. The number of hydrogen-bond acceptors (Lipinski definition) is 4. The van der Waals surface area contributed by atoms with E-state index in [0.29, 0.717) is 40.3 Å². The van der Waals surface area contributed by atoms with Crippen molar-refractivity contribution in [3.63, 3.8) is 0 Å². The van der Waals surface area contributed by atoms with Gasteiger partial charge in [0, 0.05) is 11.6 Å². The smallest absolute Gasteiger partial charge is 0.239 e. The lowest BCUT2D eigenvalue weighted by Crippen LogP contribution is -2.36. The number of benzene rings is 1.